The zero-order valence-corrected chi connectivity index (χ0v) is 12.5. The molecule has 2 heterocycles. The number of hydrogen-bond acceptors (Lipinski definition) is 5. The number of carbonyl (C=O) groups is 1. The molecule has 2 aliphatic heterocycles. The summed E-state index contributed by atoms with van der Waals surface area (Å²) in [6, 6.07) is 3.63. The van der Waals surface area contributed by atoms with Crippen LogP contribution in [0.5, 0.6) is 5.75 Å². The number of carbonyl (C=O) groups excluding carboxylic acids is 1. The molecule has 3 rings (SSSR count). The van der Waals surface area contributed by atoms with Gasteiger partial charge in [0.15, 0.2) is 5.17 Å². The van der Waals surface area contributed by atoms with Crippen molar-refractivity contribution >= 4 is 28.9 Å². The van der Waals surface area contributed by atoms with Crippen LogP contribution in [0.15, 0.2) is 28.1 Å². The number of aliphatic hydroxyl groups excluding tert-OH is 1. The summed E-state index contributed by atoms with van der Waals surface area (Å²) in [4.78, 5) is 18.3. The molecule has 1 aromatic carbocycles. The Balaban J connectivity index is 1.81. The molecule has 0 spiro atoms. The topological polar surface area (TPSA) is 73.1 Å². The summed E-state index contributed by atoms with van der Waals surface area (Å²) in [5.41, 5.74) is 0.369. The minimum Gasteiger partial charge on any atom is -0.507 e. The number of rotatable bonds is 2. The second-order valence-electron chi connectivity index (χ2n) is 5.19. The number of aromatic hydroxyl groups is 1. The van der Waals surface area contributed by atoms with E-state index in [1.165, 1.54) is 30.0 Å². The summed E-state index contributed by atoms with van der Waals surface area (Å²) in [7, 11) is 0. The van der Waals surface area contributed by atoms with E-state index >= 15 is 0 Å². The van der Waals surface area contributed by atoms with Crippen molar-refractivity contribution in [2.24, 2.45) is 4.99 Å². The Morgan fingerprint density at radius 3 is 3.05 bits per heavy atom. The number of aliphatic hydroxyl groups is 1. The van der Waals surface area contributed by atoms with Crippen molar-refractivity contribution in [3.63, 3.8) is 0 Å². The van der Waals surface area contributed by atoms with Crippen LogP contribution in [0.25, 0.3) is 6.08 Å². The molecule has 1 saturated heterocycles. The predicted octanol–water partition coefficient (Wildman–Crippen LogP) is 1.96. The number of phenols is 1. The summed E-state index contributed by atoms with van der Waals surface area (Å²) >= 11 is 1.21. The van der Waals surface area contributed by atoms with Crippen molar-refractivity contribution in [2.75, 3.05) is 13.2 Å². The molecule has 1 aromatic rings. The number of thioether (sulfide) groups is 1. The summed E-state index contributed by atoms with van der Waals surface area (Å²) in [6.07, 6.45) is 3.33. The average Bonchev–Trinajstić information content (AvgIpc) is 3.08. The highest BCUT2D eigenvalue weighted by atomic mass is 32.2. The molecule has 22 heavy (non-hydrogen) atoms. The molecule has 7 heteroatoms. The number of nitrogens with zero attached hydrogens (tertiary/aromatic N) is 2. The van der Waals surface area contributed by atoms with Gasteiger partial charge in [0.25, 0.3) is 5.91 Å². The number of amidine groups is 1. The highest BCUT2D eigenvalue weighted by Gasteiger charge is 2.32. The Labute approximate surface area is 131 Å². The molecule has 0 radical (unpaired) electrons. The Morgan fingerprint density at radius 1 is 1.50 bits per heavy atom. The van der Waals surface area contributed by atoms with Crippen LogP contribution < -0.4 is 0 Å². The van der Waals surface area contributed by atoms with Crippen LogP contribution in [0.2, 0.25) is 0 Å². The maximum absolute atomic E-state index is 13.0. The lowest BCUT2D eigenvalue weighted by Gasteiger charge is -2.23. The number of aliphatic imine (C=N–C) groups is 1. The van der Waals surface area contributed by atoms with Crippen molar-refractivity contribution in [1.29, 1.82) is 0 Å². The van der Waals surface area contributed by atoms with Crippen LogP contribution >= 0.6 is 11.8 Å². The van der Waals surface area contributed by atoms with E-state index in [2.05, 4.69) is 4.99 Å². The maximum atomic E-state index is 13.0. The Morgan fingerprint density at radius 2 is 2.32 bits per heavy atom. The SMILES string of the molecule is O=C1N=C(N2CCC[C@H]2CO)SC1=Cc1ccc(F)cc1O. The zero-order chi connectivity index (χ0) is 15.7. The molecule has 1 atom stereocenters. The van der Waals surface area contributed by atoms with Gasteiger partial charge in [0.2, 0.25) is 0 Å². The van der Waals surface area contributed by atoms with E-state index < -0.39 is 5.82 Å². The molecular weight excluding hydrogens is 307 g/mol. The summed E-state index contributed by atoms with van der Waals surface area (Å²) in [5.74, 6) is -1.14. The lowest BCUT2D eigenvalue weighted by atomic mass is 10.2. The molecule has 2 N–H and O–H groups in total. The van der Waals surface area contributed by atoms with E-state index in [0.29, 0.717) is 15.6 Å². The standard InChI is InChI=1S/C15H15FN2O3S/c16-10-4-3-9(12(20)7-10)6-13-14(21)17-15(22-13)18-5-1-2-11(18)8-19/h3-4,6-7,11,19-20H,1-2,5,8H2/t11-/m0/s1. The molecule has 116 valence electrons. The molecule has 0 aliphatic carbocycles. The van der Waals surface area contributed by atoms with E-state index in [0.717, 1.165) is 25.5 Å². The first kappa shape index (κ1) is 15.1. The summed E-state index contributed by atoms with van der Waals surface area (Å²) in [6.45, 7) is 0.797. The largest absolute Gasteiger partial charge is 0.507 e. The lowest BCUT2D eigenvalue weighted by molar-refractivity contribution is -0.113. The van der Waals surface area contributed by atoms with Gasteiger partial charge < -0.3 is 15.1 Å². The third kappa shape index (κ3) is 2.86. The van der Waals surface area contributed by atoms with E-state index in [-0.39, 0.29) is 24.3 Å². The minimum absolute atomic E-state index is 0.00220. The zero-order valence-electron chi connectivity index (χ0n) is 11.7. The van der Waals surface area contributed by atoms with Gasteiger partial charge in [-0.05, 0) is 42.8 Å². The Hall–Kier alpha value is -1.86. The van der Waals surface area contributed by atoms with Gasteiger partial charge in [0, 0.05) is 18.2 Å². The fourth-order valence-corrected chi connectivity index (χ4v) is 3.58. The molecule has 0 aromatic heterocycles. The van der Waals surface area contributed by atoms with Crippen molar-refractivity contribution in [2.45, 2.75) is 18.9 Å². The molecule has 2 aliphatic rings. The number of amides is 1. The number of halogens is 1. The van der Waals surface area contributed by atoms with Gasteiger partial charge >= 0.3 is 0 Å². The fraction of sp³-hybridized carbons (Fsp3) is 0.333. The lowest BCUT2D eigenvalue weighted by Crippen LogP contribution is -2.35. The maximum Gasteiger partial charge on any atom is 0.286 e. The monoisotopic (exact) mass is 322 g/mol. The fourth-order valence-electron chi connectivity index (χ4n) is 2.58. The number of phenolic OH excluding ortho intramolecular Hbond substituents is 1. The molecule has 0 unspecified atom stereocenters. The first-order valence-electron chi connectivity index (χ1n) is 6.97. The quantitative estimate of drug-likeness (QED) is 0.814. The van der Waals surface area contributed by atoms with Gasteiger partial charge in [-0.25, -0.2) is 4.39 Å². The van der Waals surface area contributed by atoms with Gasteiger partial charge in [-0.3, -0.25) is 4.79 Å². The normalized spacial score (nSPS) is 23.5. The van der Waals surface area contributed by atoms with Crippen molar-refractivity contribution in [3.8, 4) is 5.75 Å². The van der Waals surface area contributed by atoms with Gasteiger partial charge in [-0.2, -0.15) is 4.99 Å². The van der Waals surface area contributed by atoms with Gasteiger partial charge in [-0.15, -0.1) is 0 Å². The molecule has 0 saturated carbocycles. The van der Waals surface area contributed by atoms with Gasteiger partial charge in [0.05, 0.1) is 17.6 Å². The van der Waals surface area contributed by atoms with Crippen LogP contribution in [0.1, 0.15) is 18.4 Å². The molecule has 1 fully saturated rings. The number of benzene rings is 1. The van der Waals surface area contributed by atoms with Crippen molar-refractivity contribution < 1.29 is 19.4 Å². The molecule has 5 nitrogen and oxygen atoms in total. The van der Waals surface area contributed by atoms with E-state index in [9.17, 15) is 19.4 Å². The second kappa shape index (κ2) is 6.10. The summed E-state index contributed by atoms with van der Waals surface area (Å²) in [5, 5.41) is 19.6. The van der Waals surface area contributed by atoms with Crippen LogP contribution in [-0.2, 0) is 4.79 Å². The van der Waals surface area contributed by atoms with Gasteiger partial charge in [0.1, 0.15) is 11.6 Å². The first-order valence-corrected chi connectivity index (χ1v) is 7.78. The van der Waals surface area contributed by atoms with E-state index in [4.69, 9.17) is 0 Å². The molecule has 1 amide bonds. The minimum atomic E-state index is -0.537. The smallest absolute Gasteiger partial charge is 0.286 e. The number of hydrogen-bond donors (Lipinski definition) is 2. The van der Waals surface area contributed by atoms with Gasteiger partial charge in [-0.1, -0.05) is 0 Å². The Kier molecular flexibility index (Phi) is 4.17. The van der Waals surface area contributed by atoms with Crippen LogP contribution in [-0.4, -0.2) is 45.4 Å². The summed E-state index contributed by atoms with van der Waals surface area (Å²) < 4.78 is 13.0. The van der Waals surface area contributed by atoms with Crippen LogP contribution in [0, 0.1) is 5.82 Å². The van der Waals surface area contributed by atoms with Crippen LogP contribution in [0.4, 0.5) is 4.39 Å². The third-order valence-corrected chi connectivity index (χ3v) is 4.74. The highest BCUT2D eigenvalue weighted by Crippen LogP contribution is 2.34. The number of likely N-dealkylation sites (tertiary alicyclic amines) is 1. The third-order valence-electron chi connectivity index (χ3n) is 3.72. The first-order chi connectivity index (χ1) is 10.6. The molecular formula is C15H15FN2O3S. The average molecular weight is 322 g/mol. The van der Waals surface area contributed by atoms with Crippen LogP contribution in [0.3, 0.4) is 0 Å². The van der Waals surface area contributed by atoms with E-state index in [1.54, 1.807) is 0 Å². The molecule has 0 bridgehead atoms. The van der Waals surface area contributed by atoms with Crippen molar-refractivity contribution in [3.05, 3.63) is 34.5 Å². The predicted molar refractivity (Wildman–Crippen MR) is 82.9 cm³/mol. The second-order valence-corrected chi connectivity index (χ2v) is 6.19. The van der Waals surface area contributed by atoms with E-state index in [1.807, 2.05) is 4.90 Å². The Bertz CT molecular complexity index is 675. The highest BCUT2D eigenvalue weighted by molar-refractivity contribution is 8.18. The van der Waals surface area contributed by atoms with Crippen molar-refractivity contribution in [1.82, 2.24) is 4.90 Å².